The molecular weight excluding hydrogens is 196 g/mol. The number of carboxylic acid groups (broad SMARTS) is 1. The molecule has 5 nitrogen and oxygen atoms in total. The minimum atomic E-state index is -0.902. The van der Waals surface area contributed by atoms with E-state index in [4.69, 9.17) is 5.11 Å². The quantitative estimate of drug-likeness (QED) is 0.660. The van der Waals surface area contributed by atoms with Gasteiger partial charge in [0.15, 0.2) is 0 Å². The molecule has 0 aromatic carbocycles. The zero-order valence-electron chi connectivity index (χ0n) is 9.76. The molecule has 0 saturated heterocycles. The largest absolute Gasteiger partial charge is 0.481 e. The van der Waals surface area contributed by atoms with Crippen molar-refractivity contribution in [1.29, 1.82) is 0 Å². The van der Waals surface area contributed by atoms with Crippen molar-refractivity contribution in [3.05, 3.63) is 0 Å². The SMILES string of the molecule is CNC(=O)NC(CC(=O)O)CC(C)(C)C. The first-order chi connectivity index (χ1) is 6.74. The Balaban J connectivity index is 4.31. The van der Waals surface area contributed by atoms with E-state index in [9.17, 15) is 9.59 Å². The Hall–Kier alpha value is -1.26. The fraction of sp³-hybridized carbons (Fsp3) is 0.800. The van der Waals surface area contributed by atoms with E-state index in [1.165, 1.54) is 7.05 Å². The van der Waals surface area contributed by atoms with Crippen molar-refractivity contribution in [3.8, 4) is 0 Å². The highest BCUT2D eigenvalue weighted by molar-refractivity contribution is 5.75. The first-order valence-electron chi connectivity index (χ1n) is 4.94. The normalized spacial score (nSPS) is 13.1. The van der Waals surface area contributed by atoms with Gasteiger partial charge in [0.25, 0.3) is 0 Å². The van der Waals surface area contributed by atoms with Crippen molar-refractivity contribution in [1.82, 2.24) is 10.6 Å². The van der Waals surface area contributed by atoms with Crippen LogP contribution in [-0.2, 0) is 4.79 Å². The summed E-state index contributed by atoms with van der Waals surface area (Å²) in [6, 6.07) is -0.673. The summed E-state index contributed by atoms with van der Waals surface area (Å²) in [6.07, 6.45) is 0.581. The van der Waals surface area contributed by atoms with Crippen LogP contribution in [0.25, 0.3) is 0 Å². The van der Waals surface area contributed by atoms with E-state index in [1.807, 2.05) is 20.8 Å². The molecule has 5 heteroatoms. The van der Waals surface area contributed by atoms with Gasteiger partial charge in [-0.3, -0.25) is 4.79 Å². The Morgan fingerprint density at radius 2 is 1.87 bits per heavy atom. The molecule has 0 saturated carbocycles. The molecule has 0 aliphatic rings. The van der Waals surface area contributed by atoms with E-state index < -0.39 is 5.97 Å². The number of aliphatic carboxylic acids is 1. The number of carbonyl (C=O) groups excluding carboxylic acids is 1. The van der Waals surface area contributed by atoms with Crippen LogP contribution in [0, 0.1) is 5.41 Å². The Morgan fingerprint density at radius 1 is 1.33 bits per heavy atom. The lowest BCUT2D eigenvalue weighted by atomic mass is 9.87. The summed E-state index contributed by atoms with van der Waals surface area (Å²) in [5, 5.41) is 13.7. The molecule has 0 rings (SSSR count). The topological polar surface area (TPSA) is 78.4 Å². The first kappa shape index (κ1) is 13.7. The van der Waals surface area contributed by atoms with Gasteiger partial charge < -0.3 is 15.7 Å². The summed E-state index contributed by atoms with van der Waals surface area (Å²) < 4.78 is 0. The van der Waals surface area contributed by atoms with Gasteiger partial charge in [0.1, 0.15) is 0 Å². The zero-order chi connectivity index (χ0) is 12.1. The maximum Gasteiger partial charge on any atom is 0.314 e. The van der Waals surface area contributed by atoms with Crippen LogP contribution in [0.3, 0.4) is 0 Å². The van der Waals surface area contributed by atoms with Crippen molar-refractivity contribution in [2.75, 3.05) is 7.05 Å². The third-order valence-electron chi connectivity index (χ3n) is 1.84. The lowest BCUT2D eigenvalue weighted by Crippen LogP contribution is -2.43. The minimum absolute atomic E-state index is 0.0128. The molecule has 0 aliphatic heterocycles. The molecule has 3 N–H and O–H groups in total. The number of rotatable bonds is 4. The van der Waals surface area contributed by atoms with E-state index in [0.717, 1.165) is 0 Å². The van der Waals surface area contributed by atoms with Crippen LogP contribution >= 0.6 is 0 Å². The average Bonchev–Trinajstić information content (AvgIpc) is 1.99. The highest BCUT2D eigenvalue weighted by Gasteiger charge is 2.22. The lowest BCUT2D eigenvalue weighted by Gasteiger charge is -2.25. The van der Waals surface area contributed by atoms with Gasteiger partial charge in [-0.15, -0.1) is 0 Å². The number of hydrogen-bond donors (Lipinski definition) is 3. The van der Waals surface area contributed by atoms with Crippen molar-refractivity contribution >= 4 is 12.0 Å². The van der Waals surface area contributed by atoms with Crippen LogP contribution in [0.1, 0.15) is 33.6 Å². The van der Waals surface area contributed by atoms with Crippen LogP contribution in [0.5, 0.6) is 0 Å². The lowest BCUT2D eigenvalue weighted by molar-refractivity contribution is -0.137. The molecule has 88 valence electrons. The first-order valence-corrected chi connectivity index (χ1v) is 4.94. The van der Waals surface area contributed by atoms with Gasteiger partial charge in [-0.05, 0) is 11.8 Å². The number of carbonyl (C=O) groups is 2. The van der Waals surface area contributed by atoms with E-state index in [0.29, 0.717) is 6.42 Å². The number of carboxylic acids is 1. The standard InChI is InChI=1S/C10H20N2O3/c1-10(2,3)6-7(5-8(13)14)12-9(15)11-4/h7H,5-6H2,1-4H3,(H,13,14)(H2,11,12,15). The summed E-state index contributed by atoms with van der Waals surface area (Å²) in [6.45, 7) is 6.02. The fourth-order valence-corrected chi connectivity index (χ4v) is 1.38. The van der Waals surface area contributed by atoms with Crippen molar-refractivity contribution in [2.45, 2.75) is 39.7 Å². The summed E-state index contributed by atoms with van der Waals surface area (Å²) in [4.78, 5) is 21.7. The Labute approximate surface area is 90.2 Å². The van der Waals surface area contributed by atoms with E-state index >= 15 is 0 Å². The molecule has 0 aromatic heterocycles. The maximum absolute atomic E-state index is 11.1. The van der Waals surface area contributed by atoms with Gasteiger partial charge >= 0.3 is 12.0 Å². The highest BCUT2D eigenvalue weighted by atomic mass is 16.4. The average molecular weight is 216 g/mol. The van der Waals surface area contributed by atoms with Crippen LogP contribution in [0.2, 0.25) is 0 Å². The smallest absolute Gasteiger partial charge is 0.314 e. The number of amides is 2. The van der Waals surface area contributed by atoms with E-state index in [-0.39, 0.29) is 23.9 Å². The van der Waals surface area contributed by atoms with Crippen molar-refractivity contribution in [2.24, 2.45) is 5.41 Å². The predicted octanol–water partition coefficient (Wildman–Crippen LogP) is 1.19. The highest BCUT2D eigenvalue weighted by Crippen LogP contribution is 2.22. The van der Waals surface area contributed by atoms with Crippen molar-refractivity contribution in [3.63, 3.8) is 0 Å². The molecule has 1 atom stereocenters. The summed E-state index contributed by atoms with van der Waals surface area (Å²) >= 11 is 0. The third kappa shape index (κ3) is 7.78. The van der Waals surface area contributed by atoms with E-state index in [1.54, 1.807) is 0 Å². The van der Waals surface area contributed by atoms with Crippen LogP contribution in [-0.4, -0.2) is 30.2 Å². The second kappa shape index (κ2) is 5.58. The molecule has 0 spiro atoms. The maximum atomic E-state index is 11.1. The van der Waals surface area contributed by atoms with Crippen LogP contribution in [0.4, 0.5) is 4.79 Å². The summed E-state index contributed by atoms with van der Waals surface area (Å²) in [5.41, 5.74) is -0.0128. The second-order valence-corrected chi connectivity index (χ2v) is 4.78. The molecular formula is C10H20N2O3. The number of nitrogens with one attached hydrogen (secondary N) is 2. The van der Waals surface area contributed by atoms with Gasteiger partial charge in [0.2, 0.25) is 0 Å². The Kier molecular flexibility index (Phi) is 5.11. The minimum Gasteiger partial charge on any atom is -0.481 e. The van der Waals surface area contributed by atoms with Gasteiger partial charge in [-0.1, -0.05) is 20.8 Å². The Morgan fingerprint density at radius 3 is 2.20 bits per heavy atom. The summed E-state index contributed by atoms with van der Waals surface area (Å²) in [7, 11) is 1.50. The Bertz CT molecular complexity index is 233. The van der Waals surface area contributed by atoms with Gasteiger partial charge in [0, 0.05) is 13.1 Å². The van der Waals surface area contributed by atoms with Crippen molar-refractivity contribution < 1.29 is 14.7 Å². The predicted molar refractivity (Wildman–Crippen MR) is 57.7 cm³/mol. The van der Waals surface area contributed by atoms with Gasteiger partial charge in [0.05, 0.1) is 6.42 Å². The zero-order valence-corrected chi connectivity index (χ0v) is 9.76. The molecule has 0 radical (unpaired) electrons. The van der Waals surface area contributed by atoms with Gasteiger partial charge in [-0.2, -0.15) is 0 Å². The second-order valence-electron chi connectivity index (χ2n) is 4.78. The number of hydrogen-bond acceptors (Lipinski definition) is 2. The molecule has 2 amide bonds. The van der Waals surface area contributed by atoms with Crippen LogP contribution < -0.4 is 10.6 Å². The molecule has 0 bridgehead atoms. The fourth-order valence-electron chi connectivity index (χ4n) is 1.38. The van der Waals surface area contributed by atoms with Gasteiger partial charge in [-0.25, -0.2) is 4.79 Å². The molecule has 0 aliphatic carbocycles. The van der Waals surface area contributed by atoms with Crippen LogP contribution in [0.15, 0.2) is 0 Å². The molecule has 0 fully saturated rings. The third-order valence-corrected chi connectivity index (χ3v) is 1.84. The number of urea groups is 1. The summed E-state index contributed by atoms with van der Waals surface area (Å²) in [5.74, 6) is -0.902. The molecule has 1 unspecified atom stereocenters. The molecule has 0 aromatic rings. The molecule has 0 heterocycles. The monoisotopic (exact) mass is 216 g/mol. The van der Waals surface area contributed by atoms with E-state index in [2.05, 4.69) is 10.6 Å². The molecule has 15 heavy (non-hydrogen) atoms.